The molecule has 3 N–H and O–H groups in total. The minimum absolute atomic E-state index is 0.00155. The van der Waals surface area contributed by atoms with Crippen LogP contribution in [0.15, 0.2) is 42.7 Å². The second-order valence-corrected chi connectivity index (χ2v) is 6.67. The van der Waals surface area contributed by atoms with Crippen molar-refractivity contribution in [2.45, 2.75) is 31.3 Å². The number of aryl methyl sites for hydroxylation is 1. The van der Waals surface area contributed by atoms with Gasteiger partial charge in [0.1, 0.15) is 0 Å². The van der Waals surface area contributed by atoms with Gasteiger partial charge in [-0.05, 0) is 24.1 Å². The molecule has 26 heavy (non-hydrogen) atoms. The largest absolute Gasteiger partial charge is 0.361 e. The van der Waals surface area contributed by atoms with E-state index in [-0.39, 0.29) is 23.9 Å². The number of para-hydroxylation sites is 1. The smallest absolute Gasteiger partial charge is 0.224 e. The van der Waals surface area contributed by atoms with E-state index in [1.54, 1.807) is 10.9 Å². The van der Waals surface area contributed by atoms with Gasteiger partial charge < -0.3 is 15.6 Å². The molecular weight excluding hydrogens is 330 g/mol. The van der Waals surface area contributed by atoms with Crippen molar-refractivity contribution < 1.29 is 9.59 Å². The Balaban J connectivity index is 1.50. The third kappa shape index (κ3) is 3.08. The first-order valence-electron chi connectivity index (χ1n) is 8.73. The van der Waals surface area contributed by atoms with E-state index in [0.29, 0.717) is 19.3 Å². The predicted molar refractivity (Wildman–Crippen MR) is 97.3 cm³/mol. The van der Waals surface area contributed by atoms with Crippen molar-refractivity contribution in [2.24, 2.45) is 7.05 Å². The van der Waals surface area contributed by atoms with Gasteiger partial charge in [0.15, 0.2) is 0 Å². The number of piperidine rings is 1. The molecule has 1 fully saturated rings. The number of fused-ring (bicyclic) bond motifs is 1. The molecule has 3 aromatic rings. The Morgan fingerprint density at radius 1 is 1.35 bits per heavy atom. The van der Waals surface area contributed by atoms with E-state index in [9.17, 15) is 9.59 Å². The fourth-order valence-electron chi connectivity index (χ4n) is 3.63. The lowest BCUT2D eigenvalue weighted by Gasteiger charge is -2.32. The first kappa shape index (κ1) is 16.4. The van der Waals surface area contributed by atoms with E-state index in [0.717, 1.165) is 22.2 Å². The number of hydrogen-bond donors (Lipinski definition) is 3. The van der Waals surface area contributed by atoms with Crippen LogP contribution in [-0.2, 0) is 23.1 Å². The van der Waals surface area contributed by atoms with Crippen LogP contribution in [-0.4, -0.2) is 32.6 Å². The van der Waals surface area contributed by atoms with E-state index in [4.69, 9.17) is 0 Å². The van der Waals surface area contributed by atoms with E-state index in [2.05, 4.69) is 20.7 Å². The number of hydrogen-bond acceptors (Lipinski definition) is 3. The molecule has 2 atom stereocenters. The van der Waals surface area contributed by atoms with Crippen molar-refractivity contribution in [3.63, 3.8) is 0 Å². The highest BCUT2D eigenvalue weighted by Gasteiger charge is 2.32. The number of nitrogens with one attached hydrogen (secondary N) is 3. The van der Waals surface area contributed by atoms with Crippen molar-refractivity contribution in [2.75, 3.05) is 0 Å². The topological polar surface area (TPSA) is 91.8 Å². The summed E-state index contributed by atoms with van der Waals surface area (Å²) in [4.78, 5) is 27.7. The van der Waals surface area contributed by atoms with Crippen LogP contribution in [0.2, 0.25) is 0 Å². The van der Waals surface area contributed by atoms with Gasteiger partial charge in [0.25, 0.3) is 0 Å². The standard InChI is InChI=1S/C19H21N5O2/c1-24-16(8-9-21-24)19-15(6-7-17(25)23-19)22-18(26)10-12-11-20-14-5-3-2-4-13(12)14/h2-5,8-9,11,15,19-20H,6-7,10H2,1H3,(H,22,26)(H,23,25)/t15-,19-/m1/s1. The van der Waals surface area contributed by atoms with Crippen LogP contribution in [0.1, 0.15) is 30.1 Å². The highest BCUT2D eigenvalue weighted by molar-refractivity contribution is 5.89. The van der Waals surface area contributed by atoms with Crippen LogP contribution in [0.5, 0.6) is 0 Å². The summed E-state index contributed by atoms with van der Waals surface area (Å²) >= 11 is 0. The third-order valence-corrected chi connectivity index (χ3v) is 4.95. The quantitative estimate of drug-likeness (QED) is 0.666. The molecule has 1 saturated heterocycles. The Labute approximate surface area is 150 Å². The molecule has 0 bridgehead atoms. The van der Waals surface area contributed by atoms with Gasteiger partial charge in [-0.3, -0.25) is 14.3 Å². The Hall–Kier alpha value is -3.09. The summed E-state index contributed by atoms with van der Waals surface area (Å²) in [6.07, 6.45) is 4.90. The Bertz CT molecular complexity index is 958. The number of aromatic nitrogens is 3. The highest BCUT2D eigenvalue weighted by atomic mass is 16.2. The molecule has 1 aliphatic heterocycles. The van der Waals surface area contributed by atoms with Gasteiger partial charge in [-0.2, -0.15) is 5.10 Å². The predicted octanol–water partition coefficient (Wildman–Crippen LogP) is 1.58. The molecule has 0 spiro atoms. The maximum Gasteiger partial charge on any atom is 0.224 e. The van der Waals surface area contributed by atoms with Crippen LogP contribution >= 0.6 is 0 Å². The average Bonchev–Trinajstić information content (AvgIpc) is 3.23. The molecule has 4 rings (SSSR count). The summed E-state index contributed by atoms with van der Waals surface area (Å²) in [5, 5.41) is 11.3. The average molecular weight is 351 g/mol. The van der Waals surface area contributed by atoms with Crippen LogP contribution < -0.4 is 10.6 Å². The Kier molecular flexibility index (Phi) is 4.20. The number of aromatic amines is 1. The summed E-state index contributed by atoms with van der Waals surface area (Å²) in [6, 6.07) is 9.38. The molecule has 134 valence electrons. The summed E-state index contributed by atoms with van der Waals surface area (Å²) in [6.45, 7) is 0. The van der Waals surface area contributed by atoms with E-state index in [1.807, 2.05) is 43.6 Å². The molecule has 7 nitrogen and oxygen atoms in total. The molecule has 2 amide bonds. The normalized spacial score (nSPS) is 20.1. The molecule has 0 aliphatic carbocycles. The SMILES string of the molecule is Cn1nccc1[C@@H]1NC(=O)CC[C@H]1NC(=O)Cc1c[nH]c2ccccc12. The van der Waals surface area contributed by atoms with E-state index in [1.165, 1.54) is 0 Å². The van der Waals surface area contributed by atoms with Crippen LogP contribution in [0.3, 0.4) is 0 Å². The summed E-state index contributed by atoms with van der Waals surface area (Å²) < 4.78 is 1.73. The van der Waals surface area contributed by atoms with Gasteiger partial charge in [-0.15, -0.1) is 0 Å². The zero-order valence-corrected chi connectivity index (χ0v) is 14.5. The van der Waals surface area contributed by atoms with Gasteiger partial charge >= 0.3 is 0 Å². The molecule has 7 heteroatoms. The van der Waals surface area contributed by atoms with Gasteiger partial charge in [0, 0.05) is 36.8 Å². The molecular formula is C19H21N5O2. The second kappa shape index (κ2) is 6.67. The van der Waals surface area contributed by atoms with Crippen molar-refractivity contribution in [1.82, 2.24) is 25.4 Å². The number of nitrogens with zero attached hydrogens (tertiary/aromatic N) is 2. The van der Waals surface area contributed by atoms with Crippen LogP contribution in [0.25, 0.3) is 10.9 Å². The lowest BCUT2D eigenvalue weighted by Crippen LogP contribution is -2.51. The fraction of sp³-hybridized carbons (Fsp3) is 0.316. The summed E-state index contributed by atoms with van der Waals surface area (Å²) in [5.74, 6) is -0.0543. The third-order valence-electron chi connectivity index (χ3n) is 4.95. The summed E-state index contributed by atoms with van der Waals surface area (Å²) in [5.41, 5.74) is 2.87. The summed E-state index contributed by atoms with van der Waals surface area (Å²) in [7, 11) is 1.83. The lowest BCUT2D eigenvalue weighted by molar-refractivity contribution is -0.126. The van der Waals surface area contributed by atoms with Gasteiger partial charge in [0.05, 0.1) is 24.2 Å². The molecule has 0 unspecified atom stereocenters. The number of carbonyl (C=O) groups excluding carboxylic acids is 2. The number of H-pyrrole nitrogens is 1. The van der Waals surface area contributed by atoms with Crippen molar-refractivity contribution in [3.8, 4) is 0 Å². The second-order valence-electron chi connectivity index (χ2n) is 6.67. The fourth-order valence-corrected chi connectivity index (χ4v) is 3.63. The highest BCUT2D eigenvalue weighted by Crippen LogP contribution is 2.24. The van der Waals surface area contributed by atoms with Crippen molar-refractivity contribution in [3.05, 3.63) is 54.0 Å². The first-order chi connectivity index (χ1) is 12.6. The number of rotatable bonds is 4. The van der Waals surface area contributed by atoms with Gasteiger partial charge in [-0.1, -0.05) is 18.2 Å². The maximum atomic E-state index is 12.6. The molecule has 1 aromatic carbocycles. The van der Waals surface area contributed by atoms with E-state index >= 15 is 0 Å². The van der Waals surface area contributed by atoms with E-state index < -0.39 is 0 Å². The molecule has 3 heterocycles. The Morgan fingerprint density at radius 2 is 2.19 bits per heavy atom. The lowest BCUT2D eigenvalue weighted by atomic mass is 9.95. The van der Waals surface area contributed by atoms with Crippen molar-refractivity contribution in [1.29, 1.82) is 0 Å². The molecule has 0 radical (unpaired) electrons. The molecule has 0 saturated carbocycles. The minimum Gasteiger partial charge on any atom is -0.361 e. The molecule has 2 aromatic heterocycles. The van der Waals surface area contributed by atoms with Gasteiger partial charge in [-0.25, -0.2) is 0 Å². The monoisotopic (exact) mass is 351 g/mol. The maximum absolute atomic E-state index is 12.6. The Morgan fingerprint density at radius 3 is 3.00 bits per heavy atom. The number of carbonyl (C=O) groups is 2. The zero-order chi connectivity index (χ0) is 18.1. The van der Waals surface area contributed by atoms with Gasteiger partial charge in [0.2, 0.25) is 11.8 Å². The number of benzene rings is 1. The minimum atomic E-state index is -0.268. The zero-order valence-electron chi connectivity index (χ0n) is 14.5. The van der Waals surface area contributed by atoms with Crippen molar-refractivity contribution >= 4 is 22.7 Å². The number of amides is 2. The first-order valence-corrected chi connectivity index (χ1v) is 8.73. The molecule has 1 aliphatic rings. The van der Waals surface area contributed by atoms with Crippen LogP contribution in [0, 0.1) is 0 Å². The van der Waals surface area contributed by atoms with Crippen LogP contribution in [0.4, 0.5) is 0 Å².